The molecule has 3 atom stereocenters. The van der Waals surface area contributed by atoms with Crippen molar-refractivity contribution < 1.29 is 13.2 Å². The van der Waals surface area contributed by atoms with Crippen LogP contribution in [0.15, 0.2) is 39.2 Å². The van der Waals surface area contributed by atoms with E-state index in [4.69, 9.17) is 0 Å². The lowest BCUT2D eigenvalue weighted by molar-refractivity contribution is 0.0921. The van der Waals surface area contributed by atoms with Crippen LogP contribution in [0.2, 0.25) is 0 Å². The van der Waals surface area contributed by atoms with E-state index in [0.29, 0.717) is 21.5 Å². The molecule has 1 N–H and O–H groups in total. The second-order valence-electron chi connectivity index (χ2n) is 5.97. The number of hydrogen-bond acceptors (Lipinski definition) is 5. The third-order valence-electron chi connectivity index (χ3n) is 4.55. The van der Waals surface area contributed by atoms with E-state index in [1.54, 1.807) is 27.9 Å². The van der Waals surface area contributed by atoms with Gasteiger partial charge in [-0.25, -0.2) is 8.42 Å². The lowest BCUT2D eigenvalue weighted by atomic mass is 10.1. The quantitative estimate of drug-likeness (QED) is 0.901. The van der Waals surface area contributed by atoms with E-state index in [1.165, 1.54) is 22.7 Å². The second-order valence-corrected chi connectivity index (χ2v) is 9.98. The van der Waals surface area contributed by atoms with Crippen molar-refractivity contribution in [3.05, 3.63) is 39.9 Å². The smallest absolute Gasteiger partial charge is 0.261 e. The monoisotopic (exact) mass is 368 g/mol. The molecule has 2 fully saturated rings. The van der Waals surface area contributed by atoms with Gasteiger partial charge in [0.15, 0.2) is 0 Å². The van der Waals surface area contributed by atoms with Gasteiger partial charge in [0.2, 0.25) is 0 Å². The Hall–Kier alpha value is -1.22. The minimum Gasteiger partial charge on any atom is -0.347 e. The van der Waals surface area contributed by atoms with Crippen LogP contribution in [-0.2, 0) is 10.0 Å². The molecule has 1 amide bonds. The minimum atomic E-state index is -3.45. The molecule has 8 heteroatoms. The van der Waals surface area contributed by atoms with E-state index in [9.17, 15) is 13.2 Å². The Morgan fingerprint density at radius 2 is 1.96 bits per heavy atom. The van der Waals surface area contributed by atoms with Crippen molar-refractivity contribution in [2.45, 2.75) is 29.1 Å². The van der Waals surface area contributed by atoms with Gasteiger partial charge in [-0.05, 0) is 41.7 Å². The number of carbonyl (C=O) groups is 1. The van der Waals surface area contributed by atoms with Gasteiger partial charge in [0.25, 0.3) is 15.9 Å². The van der Waals surface area contributed by atoms with Gasteiger partial charge in [-0.2, -0.15) is 4.31 Å². The number of sulfonamides is 1. The van der Waals surface area contributed by atoms with Gasteiger partial charge in [0, 0.05) is 18.6 Å². The maximum Gasteiger partial charge on any atom is 0.261 e. The Balaban J connectivity index is 1.54. The largest absolute Gasteiger partial charge is 0.347 e. The summed E-state index contributed by atoms with van der Waals surface area (Å²) in [4.78, 5) is 12.9. The van der Waals surface area contributed by atoms with Crippen molar-refractivity contribution in [3.8, 4) is 0 Å². The van der Waals surface area contributed by atoms with E-state index in [1.807, 2.05) is 11.4 Å². The Labute approximate surface area is 143 Å². The molecule has 0 spiro atoms. The number of thiophene rings is 2. The normalized spacial score (nSPS) is 27.4. The minimum absolute atomic E-state index is 0.0990. The van der Waals surface area contributed by atoms with Crippen LogP contribution < -0.4 is 5.32 Å². The zero-order valence-corrected chi connectivity index (χ0v) is 14.7. The Morgan fingerprint density at radius 3 is 2.61 bits per heavy atom. The van der Waals surface area contributed by atoms with Gasteiger partial charge in [-0.15, -0.1) is 22.7 Å². The van der Waals surface area contributed by atoms with Gasteiger partial charge in [0.1, 0.15) is 4.21 Å². The van der Waals surface area contributed by atoms with E-state index < -0.39 is 10.0 Å². The van der Waals surface area contributed by atoms with Crippen molar-refractivity contribution in [2.24, 2.45) is 5.92 Å². The average Bonchev–Trinajstić information content (AvgIpc) is 3.27. The standard InChI is InChI=1S/C15H16N2O3S3/c18-15(13-3-1-5-21-13)16-11-7-10-8-12(11)17(9-10)23(19,20)14-4-2-6-22-14/h1-6,10-12H,7-9H2,(H,16,18)/t10-,11+,12-/m1/s1. The number of hydrogen-bond donors (Lipinski definition) is 1. The summed E-state index contributed by atoms with van der Waals surface area (Å²) in [6.45, 7) is 0.566. The van der Waals surface area contributed by atoms with Crippen molar-refractivity contribution in [1.82, 2.24) is 9.62 Å². The van der Waals surface area contributed by atoms with Crippen LogP contribution in [0.1, 0.15) is 22.5 Å². The third-order valence-corrected chi connectivity index (χ3v) is 8.69. The summed E-state index contributed by atoms with van der Waals surface area (Å²) >= 11 is 2.64. The molecule has 1 aliphatic heterocycles. The lowest BCUT2D eigenvalue weighted by Gasteiger charge is -2.32. The number of rotatable bonds is 4. The van der Waals surface area contributed by atoms with Crippen molar-refractivity contribution in [2.75, 3.05) is 6.54 Å². The zero-order valence-electron chi connectivity index (χ0n) is 12.2. The van der Waals surface area contributed by atoms with Gasteiger partial charge >= 0.3 is 0 Å². The fraction of sp³-hybridized carbons (Fsp3) is 0.400. The summed E-state index contributed by atoms with van der Waals surface area (Å²) in [7, 11) is -3.45. The predicted octanol–water partition coefficient (Wildman–Crippen LogP) is 2.39. The number of nitrogens with one attached hydrogen (secondary N) is 1. The fourth-order valence-electron chi connectivity index (χ4n) is 3.58. The number of piperidine rings is 1. The van der Waals surface area contributed by atoms with Crippen LogP contribution >= 0.6 is 22.7 Å². The molecule has 0 unspecified atom stereocenters. The fourth-order valence-corrected chi connectivity index (χ4v) is 7.07. The summed E-state index contributed by atoms with van der Waals surface area (Å²) in [6.07, 6.45) is 1.69. The van der Waals surface area contributed by atoms with Gasteiger partial charge in [-0.3, -0.25) is 4.79 Å². The molecular formula is C15H16N2O3S3. The molecule has 2 aliphatic rings. The van der Waals surface area contributed by atoms with Gasteiger partial charge in [0.05, 0.1) is 4.88 Å². The maximum absolute atomic E-state index is 12.8. The first-order valence-corrected chi connectivity index (χ1v) is 10.7. The maximum atomic E-state index is 12.8. The van der Waals surface area contributed by atoms with Crippen LogP contribution in [-0.4, -0.2) is 37.3 Å². The summed E-state index contributed by atoms with van der Waals surface area (Å²) in [5, 5.41) is 6.67. The third kappa shape index (κ3) is 2.63. The molecule has 0 aromatic carbocycles. The lowest BCUT2D eigenvalue weighted by Crippen LogP contribution is -2.51. The van der Waals surface area contributed by atoms with Crippen LogP contribution in [0.5, 0.6) is 0 Å². The Morgan fingerprint density at radius 1 is 1.17 bits per heavy atom. The van der Waals surface area contributed by atoms with E-state index in [0.717, 1.165) is 12.8 Å². The summed E-state index contributed by atoms with van der Waals surface area (Å²) in [6, 6.07) is 6.79. The number of fused-ring (bicyclic) bond motifs is 2. The first-order chi connectivity index (χ1) is 11.1. The first-order valence-electron chi connectivity index (χ1n) is 7.45. The molecule has 5 nitrogen and oxygen atoms in total. The first kappa shape index (κ1) is 15.3. The SMILES string of the molecule is O=C(N[C@H]1C[C@@H]2C[C@H]1N(S(=O)(=O)c1cccs1)C2)c1cccs1. The van der Waals surface area contributed by atoms with Gasteiger partial charge < -0.3 is 5.32 Å². The molecular weight excluding hydrogens is 352 g/mol. The summed E-state index contributed by atoms with van der Waals surface area (Å²) in [5.41, 5.74) is 0. The molecule has 0 radical (unpaired) electrons. The zero-order chi connectivity index (χ0) is 16.0. The van der Waals surface area contributed by atoms with E-state index >= 15 is 0 Å². The second kappa shape index (κ2) is 5.70. The molecule has 4 rings (SSSR count). The van der Waals surface area contributed by atoms with Gasteiger partial charge in [-0.1, -0.05) is 12.1 Å². The van der Waals surface area contributed by atoms with Crippen LogP contribution in [0, 0.1) is 5.92 Å². The topological polar surface area (TPSA) is 66.5 Å². The highest BCUT2D eigenvalue weighted by molar-refractivity contribution is 7.91. The van der Waals surface area contributed by atoms with Crippen molar-refractivity contribution in [1.29, 1.82) is 0 Å². The summed E-state index contributed by atoms with van der Waals surface area (Å²) in [5.74, 6) is 0.231. The molecule has 1 saturated heterocycles. The van der Waals surface area contributed by atoms with Crippen molar-refractivity contribution >= 4 is 38.6 Å². The molecule has 3 heterocycles. The molecule has 23 heavy (non-hydrogen) atoms. The van der Waals surface area contributed by atoms with E-state index in [-0.39, 0.29) is 18.0 Å². The number of amides is 1. The molecule has 2 aromatic heterocycles. The molecule has 1 aliphatic carbocycles. The average molecular weight is 369 g/mol. The molecule has 2 aromatic rings. The molecule has 1 saturated carbocycles. The highest BCUT2D eigenvalue weighted by Gasteiger charge is 2.50. The van der Waals surface area contributed by atoms with Crippen LogP contribution in [0.25, 0.3) is 0 Å². The molecule has 2 bridgehead atoms. The van der Waals surface area contributed by atoms with Crippen molar-refractivity contribution in [3.63, 3.8) is 0 Å². The van der Waals surface area contributed by atoms with Crippen LogP contribution in [0.3, 0.4) is 0 Å². The highest BCUT2D eigenvalue weighted by atomic mass is 32.2. The number of carbonyl (C=O) groups excluding carboxylic acids is 1. The predicted molar refractivity (Wildman–Crippen MR) is 90.3 cm³/mol. The summed E-state index contributed by atoms with van der Waals surface area (Å²) < 4.78 is 27.5. The number of nitrogens with zero attached hydrogens (tertiary/aromatic N) is 1. The van der Waals surface area contributed by atoms with Crippen LogP contribution in [0.4, 0.5) is 0 Å². The molecule has 122 valence electrons. The Bertz CT molecular complexity index is 799. The highest BCUT2D eigenvalue weighted by Crippen LogP contribution is 2.41. The van der Waals surface area contributed by atoms with E-state index in [2.05, 4.69) is 5.32 Å². The Kier molecular flexibility index (Phi) is 3.79.